The zero-order valence-corrected chi connectivity index (χ0v) is 32.3. The maximum Gasteiger partial charge on any atom is 0.472 e. The third-order valence-corrected chi connectivity index (χ3v) is 9.63. The maximum absolute atomic E-state index is 12.5. The van der Waals surface area contributed by atoms with Crippen LogP contribution < -0.4 is 0 Å². The fourth-order valence-electron chi connectivity index (χ4n) is 5.62. The third-order valence-electron chi connectivity index (χ3n) is 8.57. The topological polar surface area (TPSA) is 108 Å². The zero-order valence-electron chi connectivity index (χ0n) is 31.4. The highest BCUT2D eigenvalue weighted by atomic mass is 31.2. The van der Waals surface area contributed by atoms with Crippen LogP contribution in [0.2, 0.25) is 0 Å². The van der Waals surface area contributed by atoms with Crippen LogP contribution in [0.3, 0.4) is 0 Å². The van der Waals surface area contributed by atoms with Gasteiger partial charge in [0.1, 0.15) is 6.61 Å². The van der Waals surface area contributed by atoms with Crippen molar-refractivity contribution in [2.75, 3.05) is 19.8 Å². The lowest BCUT2D eigenvalue weighted by Gasteiger charge is -2.19. The number of esters is 2. The van der Waals surface area contributed by atoms with Crippen LogP contribution in [0.15, 0.2) is 12.2 Å². The van der Waals surface area contributed by atoms with Gasteiger partial charge in [0.2, 0.25) is 0 Å². The molecular weight excluding hydrogens is 627 g/mol. The number of carbonyl (C=O) groups is 2. The molecule has 2 unspecified atom stereocenters. The molecular formula is C39H75O8P. The van der Waals surface area contributed by atoms with E-state index in [9.17, 15) is 19.0 Å². The van der Waals surface area contributed by atoms with E-state index in [1.54, 1.807) is 6.92 Å². The molecule has 0 heterocycles. The van der Waals surface area contributed by atoms with E-state index in [4.69, 9.17) is 18.5 Å². The molecule has 1 N–H and O–H groups in total. The Labute approximate surface area is 295 Å². The monoisotopic (exact) mass is 703 g/mol. The van der Waals surface area contributed by atoms with E-state index >= 15 is 0 Å². The molecule has 0 aromatic rings. The quantitative estimate of drug-likeness (QED) is 0.0295. The first-order chi connectivity index (χ1) is 23.3. The van der Waals surface area contributed by atoms with Crippen LogP contribution in [-0.4, -0.2) is 42.8 Å². The number of allylic oxidation sites excluding steroid dienone is 2. The summed E-state index contributed by atoms with van der Waals surface area (Å²) in [6, 6.07) is 0. The fourth-order valence-corrected chi connectivity index (χ4v) is 6.38. The molecule has 0 amide bonds. The van der Waals surface area contributed by atoms with Crippen molar-refractivity contribution in [3.05, 3.63) is 12.2 Å². The highest BCUT2D eigenvalue weighted by Gasteiger charge is 2.25. The van der Waals surface area contributed by atoms with Gasteiger partial charge in [0, 0.05) is 12.8 Å². The molecule has 284 valence electrons. The lowest BCUT2D eigenvalue weighted by Crippen LogP contribution is -2.29. The number of phosphoric ester groups is 1. The molecule has 0 radical (unpaired) electrons. The Morgan fingerprint density at radius 2 is 0.938 bits per heavy atom. The number of hydrogen-bond acceptors (Lipinski definition) is 7. The maximum atomic E-state index is 12.5. The number of ether oxygens (including phenoxy) is 2. The molecule has 0 aliphatic rings. The molecule has 2 atom stereocenters. The molecule has 48 heavy (non-hydrogen) atoms. The second kappa shape index (κ2) is 35.6. The Balaban J connectivity index is 4.11. The van der Waals surface area contributed by atoms with E-state index in [0.29, 0.717) is 12.8 Å². The summed E-state index contributed by atoms with van der Waals surface area (Å²) in [5, 5.41) is 0. The Morgan fingerprint density at radius 1 is 0.542 bits per heavy atom. The van der Waals surface area contributed by atoms with E-state index in [-0.39, 0.29) is 32.2 Å². The SMILES string of the molecule is CCCCC/C=C/CCCCCCCCCCC(=O)OC(COC(=O)CCCCCCCCCCCCCCC)COP(=O)(O)OCC. The van der Waals surface area contributed by atoms with Crippen molar-refractivity contribution in [2.45, 2.75) is 207 Å². The largest absolute Gasteiger partial charge is 0.472 e. The van der Waals surface area contributed by atoms with Crippen molar-refractivity contribution in [1.29, 1.82) is 0 Å². The Kier molecular flexibility index (Phi) is 34.7. The highest BCUT2D eigenvalue weighted by molar-refractivity contribution is 7.47. The van der Waals surface area contributed by atoms with Crippen molar-refractivity contribution in [3.63, 3.8) is 0 Å². The van der Waals surface area contributed by atoms with Crippen molar-refractivity contribution >= 4 is 19.8 Å². The summed E-state index contributed by atoms with van der Waals surface area (Å²) in [5.41, 5.74) is 0. The zero-order chi connectivity index (χ0) is 35.4. The van der Waals surface area contributed by atoms with E-state index in [2.05, 4.69) is 26.0 Å². The minimum absolute atomic E-state index is 0.00286. The first-order valence-corrected chi connectivity index (χ1v) is 21.5. The summed E-state index contributed by atoms with van der Waals surface area (Å²) in [5.74, 6) is -0.793. The van der Waals surface area contributed by atoms with Crippen LogP contribution in [0, 0.1) is 0 Å². The van der Waals surface area contributed by atoms with Gasteiger partial charge in [-0.3, -0.25) is 18.6 Å². The fraction of sp³-hybridized carbons (Fsp3) is 0.897. The predicted octanol–water partition coefficient (Wildman–Crippen LogP) is 12.1. The van der Waals surface area contributed by atoms with Crippen LogP contribution in [0.4, 0.5) is 0 Å². The molecule has 0 saturated carbocycles. The standard InChI is InChI=1S/C39H75O8P/c1-4-7-9-11-13-15-17-19-20-22-24-26-28-30-32-34-39(41)47-37(36-46-48(42,43)45-6-3)35-44-38(40)33-31-29-27-25-23-21-18-16-14-12-10-8-5-2/h13,15,37H,4-12,14,16-36H2,1-3H3,(H,42,43)/b15-13+. The van der Waals surface area contributed by atoms with Gasteiger partial charge >= 0.3 is 19.8 Å². The average molecular weight is 703 g/mol. The van der Waals surface area contributed by atoms with Gasteiger partial charge in [0.25, 0.3) is 0 Å². The van der Waals surface area contributed by atoms with Gasteiger partial charge in [-0.25, -0.2) is 4.57 Å². The number of phosphoric acid groups is 1. The van der Waals surface area contributed by atoms with Crippen LogP contribution in [0.5, 0.6) is 0 Å². The van der Waals surface area contributed by atoms with Gasteiger partial charge in [-0.2, -0.15) is 0 Å². The summed E-state index contributed by atoms with van der Waals surface area (Å²) in [6.45, 7) is 5.46. The van der Waals surface area contributed by atoms with Crippen molar-refractivity contribution in [3.8, 4) is 0 Å². The first-order valence-electron chi connectivity index (χ1n) is 20.0. The van der Waals surface area contributed by atoms with E-state index in [0.717, 1.165) is 38.5 Å². The number of unbranched alkanes of at least 4 members (excludes halogenated alkanes) is 23. The molecule has 0 aromatic heterocycles. The summed E-state index contributed by atoms with van der Waals surface area (Å²) in [4.78, 5) is 34.6. The summed E-state index contributed by atoms with van der Waals surface area (Å²) < 4.78 is 32.6. The molecule has 0 saturated heterocycles. The van der Waals surface area contributed by atoms with Gasteiger partial charge in [-0.15, -0.1) is 0 Å². The Morgan fingerprint density at radius 3 is 1.42 bits per heavy atom. The van der Waals surface area contributed by atoms with Crippen LogP contribution in [0.1, 0.15) is 201 Å². The molecule has 0 spiro atoms. The average Bonchev–Trinajstić information content (AvgIpc) is 3.06. The smallest absolute Gasteiger partial charge is 0.462 e. The molecule has 0 aliphatic heterocycles. The second-order valence-electron chi connectivity index (χ2n) is 13.3. The predicted molar refractivity (Wildman–Crippen MR) is 198 cm³/mol. The molecule has 0 aromatic carbocycles. The van der Waals surface area contributed by atoms with Crippen LogP contribution >= 0.6 is 7.82 Å². The van der Waals surface area contributed by atoms with Crippen LogP contribution in [0.25, 0.3) is 0 Å². The third kappa shape index (κ3) is 34.6. The van der Waals surface area contributed by atoms with E-state index in [1.165, 1.54) is 122 Å². The number of rotatable bonds is 37. The minimum atomic E-state index is -4.27. The molecule has 0 aliphatic carbocycles. The summed E-state index contributed by atoms with van der Waals surface area (Å²) >= 11 is 0. The molecule has 9 heteroatoms. The van der Waals surface area contributed by atoms with Crippen molar-refractivity contribution in [2.24, 2.45) is 0 Å². The highest BCUT2D eigenvalue weighted by Crippen LogP contribution is 2.43. The number of hydrogen-bond donors (Lipinski definition) is 1. The first kappa shape index (κ1) is 46.8. The Hall–Kier alpha value is -1.21. The van der Waals surface area contributed by atoms with E-state index in [1.807, 2.05) is 0 Å². The summed E-state index contributed by atoms with van der Waals surface area (Å²) in [7, 11) is -4.27. The lowest BCUT2D eigenvalue weighted by molar-refractivity contribution is -0.161. The lowest BCUT2D eigenvalue weighted by atomic mass is 10.0. The minimum Gasteiger partial charge on any atom is -0.462 e. The second-order valence-corrected chi connectivity index (χ2v) is 14.8. The molecule has 0 fully saturated rings. The van der Waals surface area contributed by atoms with Gasteiger partial charge in [-0.05, 0) is 45.4 Å². The molecule has 0 rings (SSSR count). The molecule has 0 bridgehead atoms. The Bertz CT molecular complexity index is 803. The van der Waals surface area contributed by atoms with Gasteiger partial charge in [-0.1, -0.05) is 154 Å². The normalized spacial score (nSPS) is 13.5. The van der Waals surface area contributed by atoms with Gasteiger partial charge in [0.15, 0.2) is 6.10 Å². The number of carbonyl (C=O) groups excluding carboxylic acids is 2. The molecule has 8 nitrogen and oxygen atoms in total. The van der Waals surface area contributed by atoms with Gasteiger partial charge in [0.05, 0.1) is 13.2 Å². The van der Waals surface area contributed by atoms with E-state index < -0.39 is 19.9 Å². The van der Waals surface area contributed by atoms with Gasteiger partial charge < -0.3 is 14.4 Å². The van der Waals surface area contributed by atoms with Crippen LogP contribution in [-0.2, 0) is 32.7 Å². The van der Waals surface area contributed by atoms with Crippen molar-refractivity contribution in [1.82, 2.24) is 0 Å². The van der Waals surface area contributed by atoms with Crippen molar-refractivity contribution < 1.29 is 37.6 Å². The summed E-state index contributed by atoms with van der Waals surface area (Å²) in [6.07, 6.45) is 35.4.